The Bertz CT molecular complexity index is 620. The monoisotopic (exact) mass is 608 g/mol. The average molecular weight is 608 g/mol. The maximum atomic E-state index is 6.99. The summed E-state index contributed by atoms with van der Waals surface area (Å²) in [5, 5.41) is 2.66. The predicted molar refractivity (Wildman–Crippen MR) is 136 cm³/mol. The van der Waals surface area contributed by atoms with Gasteiger partial charge in [-0.05, 0) is 21.8 Å². The molecular formula is C22H30I2O2Si. The topological polar surface area (TPSA) is 18.5 Å². The zero-order valence-electron chi connectivity index (χ0n) is 16.5. The largest absolute Gasteiger partial charge is 0.405 e. The van der Waals surface area contributed by atoms with E-state index < -0.39 is 8.32 Å². The Morgan fingerprint density at radius 3 is 1.78 bits per heavy atom. The Balaban J connectivity index is 2.45. The maximum absolute atomic E-state index is 6.99. The quantitative estimate of drug-likeness (QED) is 0.210. The lowest BCUT2D eigenvalue weighted by Crippen LogP contribution is -2.67. The first-order chi connectivity index (χ1) is 13.0. The number of halogens is 2. The van der Waals surface area contributed by atoms with E-state index in [0.29, 0.717) is 6.61 Å². The lowest BCUT2D eigenvalue weighted by atomic mass is 10.2. The molecule has 1 atom stereocenters. The average Bonchev–Trinajstić information content (AvgIpc) is 2.67. The van der Waals surface area contributed by atoms with Crippen molar-refractivity contribution in [2.75, 3.05) is 22.1 Å². The summed E-state index contributed by atoms with van der Waals surface area (Å²) in [6, 6.07) is 21.6. The first kappa shape index (κ1) is 23.3. The van der Waals surface area contributed by atoms with Gasteiger partial charge in [-0.15, -0.1) is 0 Å². The molecule has 2 rings (SSSR count). The van der Waals surface area contributed by atoms with Crippen LogP contribution in [-0.2, 0) is 9.16 Å². The van der Waals surface area contributed by atoms with Crippen molar-refractivity contribution in [1.82, 2.24) is 0 Å². The van der Waals surface area contributed by atoms with Gasteiger partial charge in [0.1, 0.15) is 0 Å². The van der Waals surface area contributed by atoms with Gasteiger partial charge in [-0.25, -0.2) is 0 Å². The number of ether oxygens (including phenoxy) is 1. The molecule has 0 bridgehead atoms. The van der Waals surface area contributed by atoms with Crippen molar-refractivity contribution >= 4 is 63.9 Å². The lowest BCUT2D eigenvalue weighted by molar-refractivity contribution is 0.0263. The Labute approximate surface area is 192 Å². The van der Waals surface area contributed by atoms with E-state index in [4.69, 9.17) is 9.16 Å². The molecule has 0 radical (unpaired) electrons. The Morgan fingerprint density at radius 2 is 1.37 bits per heavy atom. The van der Waals surface area contributed by atoms with Crippen LogP contribution in [0.4, 0.5) is 0 Å². The molecule has 2 aromatic carbocycles. The van der Waals surface area contributed by atoms with Crippen molar-refractivity contribution in [2.24, 2.45) is 0 Å². The second-order valence-corrected chi connectivity index (χ2v) is 14.1. The van der Waals surface area contributed by atoms with Crippen LogP contribution in [-0.4, -0.2) is 36.5 Å². The Morgan fingerprint density at radius 1 is 0.852 bits per heavy atom. The standard InChI is InChI=1S/C22H30I2O2Si/c1-22(2,3)27(20-10-6-4-7-11-20,21-12-8-5-9-13-21)26-18-19(14-15-23)25-17-16-24/h4-13,19H,14-18H2,1-3H3/t19-/m0/s1. The molecule has 0 aromatic heterocycles. The first-order valence-corrected chi connectivity index (χ1v) is 14.4. The summed E-state index contributed by atoms with van der Waals surface area (Å²) in [6.07, 6.45) is 1.17. The van der Waals surface area contributed by atoms with Gasteiger partial charge in [0, 0.05) is 8.86 Å². The van der Waals surface area contributed by atoms with Gasteiger partial charge < -0.3 is 9.16 Å². The molecule has 27 heavy (non-hydrogen) atoms. The smallest absolute Gasteiger partial charge is 0.261 e. The molecule has 0 N–H and O–H groups in total. The van der Waals surface area contributed by atoms with E-state index in [2.05, 4.69) is 127 Å². The second-order valence-electron chi connectivity index (χ2n) is 7.63. The van der Waals surface area contributed by atoms with Crippen LogP contribution in [0.3, 0.4) is 0 Å². The summed E-state index contributed by atoms with van der Waals surface area (Å²) in [4.78, 5) is 0. The van der Waals surface area contributed by atoms with Gasteiger partial charge in [-0.3, -0.25) is 0 Å². The fourth-order valence-electron chi connectivity index (χ4n) is 3.53. The van der Waals surface area contributed by atoms with Gasteiger partial charge in [-0.1, -0.05) is 127 Å². The Kier molecular flexibility index (Phi) is 9.74. The van der Waals surface area contributed by atoms with Gasteiger partial charge in [0.25, 0.3) is 8.32 Å². The SMILES string of the molecule is CC(C)(C)[Si](OC[C@H](CCI)OCCI)(c1ccccc1)c1ccccc1. The summed E-state index contributed by atoms with van der Waals surface area (Å²) in [6.45, 7) is 8.38. The molecule has 0 saturated carbocycles. The van der Waals surface area contributed by atoms with Crippen molar-refractivity contribution in [3.63, 3.8) is 0 Å². The van der Waals surface area contributed by atoms with E-state index in [1.165, 1.54) is 10.4 Å². The summed E-state index contributed by atoms with van der Waals surface area (Å²) < 4.78 is 15.2. The normalized spacial score (nSPS) is 13.5. The van der Waals surface area contributed by atoms with E-state index in [1.807, 2.05) is 0 Å². The van der Waals surface area contributed by atoms with Crippen LogP contribution in [0.25, 0.3) is 0 Å². The molecule has 0 aliphatic carbocycles. The van der Waals surface area contributed by atoms with Crippen LogP contribution in [0.1, 0.15) is 27.2 Å². The summed E-state index contributed by atoms with van der Waals surface area (Å²) in [7, 11) is -2.46. The molecule has 0 heterocycles. The highest BCUT2D eigenvalue weighted by Gasteiger charge is 2.50. The van der Waals surface area contributed by atoms with E-state index in [1.54, 1.807) is 0 Å². The molecule has 2 nitrogen and oxygen atoms in total. The van der Waals surface area contributed by atoms with Gasteiger partial charge in [-0.2, -0.15) is 0 Å². The summed E-state index contributed by atoms with van der Waals surface area (Å²) in [5.41, 5.74) is 0. The summed E-state index contributed by atoms with van der Waals surface area (Å²) >= 11 is 4.79. The third-order valence-corrected chi connectivity index (χ3v) is 10.8. The zero-order valence-corrected chi connectivity index (χ0v) is 21.8. The van der Waals surface area contributed by atoms with Gasteiger partial charge in [0.05, 0.1) is 19.3 Å². The minimum atomic E-state index is -2.46. The van der Waals surface area contributed by atoms with E-state index in [9.17, 15) is 0 Å². The van der Waals surface area contributed by atoms with Crippen molar-refractivity contribution < 1.29 is 9.16 Å². The Hall–Kier alpha value is 0.0369. The third-order valence-electron chi connectivity index (χ3n) is 4.76. The van der Waals surface area contributed by atoms with Crippen LogP contribution < -0.4 is 10.4 Å². The molecule has 0 spiro atoms. The van der Waals surface area contributed by atoms with Crippen LogP contribution in [0.15, 0.2) is 60.7 Å². The van der Waals surface area contributed by atoms with Crippen LogP contribution in [0.5, 0.6) is 0 Å². The number of rotatable bonds is 10. The maximum Gasteiger partial charge on any atom is 0.261 e. The minimum absolute atomic E-state index is 0.00778. The fourth-order valence-corrected chi connectivity index (χ4v) is 9.07. The van der Waals surface area contributed by atoms with Crippen LogP contribution >= 0.6 is 45.2 Å². The molecule has 0 unspecified atom stereocenters. The van der Waals surface area contributed by atoms with Crippen molar-refractivity contribution in [3.05, 3.63) is 60.7 Å². The highest BCUT2D eigenvalue weighted by Crippen LogP contribution is 2.37. The number of hydrogen-bond donors (Lipinski definition) is 0. The molecule has 0 amide bonds. The predicted octanol–water partition coefficient (Wildman–Crippen LogP) is 5.21. The van der Waals surface area contributed by atoms with Crippen molar-refractivity contribution in [1.29, 1.82) is 0 Å². The zero-order chi connectivity index (χ0) is 19.8. The molecule has 148 valence electrons. The van der Waals surface area contributed by atoms with E-state index in [-0.39, 0.29) is 11.1 Å². The molecule has 0 aliphatic heterocycles. The molecule has 0 saturated heterocycles. The molecule has 0 fully saturated rings. The van der Waals surface area contributed by atoms with Crippen molar-refractivity contribution in [3.8, 4) is 0 Å². The third kappa shape index (κ3) is 6.01. The highest BCUT2D eigenvalue weighted by atomic mass is 127. The summed E-state index contributed by atoms with van der Waals surface area (Å²) in [5.74, 6) is 0. The van der Waals surface area contributed by atoms with Gasteiger partial charge in [0.15, 0.2) is 0 Å². The molecule has 2 aromatic rings. The lowest BCUT2D eigenvalue weighted by Gasteiger charge is -2.43. The van der Waals surface area contributed by atoms with Crippen molar-refractivity contribution in [2.45, 2.75) is 38.3 Å². The fraction of sp³-hybridized carbons (Fsp3) is 0.455. The molecular weight excluding hydrogens is 578 g/mol. The van der Waals surface area contributed by atoms with E-state index >= 15 is 0 Å². The minimum Gasteiger partial charge on any atom is -0.405 e. The van der Waals surface area contributed by atoms with E-state index in [0.717, 1.165) is 21.9 Å². The highest BCUT2D eigenvalue weighted by molar-refractivity contribution is 14.1. The van der Waals surface area contributed by atoms with Crippen LogP contribution in [0.2, 0.25) is 5.04 Å². The molecule has 0 aliphatic rings. The second kappa shape index (κ2) is 11.3. The number of benzene rings is 2. The van der Waals surface area contributed by atoms with Gasteiger partial charge >= 0.3 is 0 Å². The molecule has 5 heteroatoms. The number of hydrogen-bond acceptors (Lipinski definition) is 2. The van der Waals surface area contributed by atoms with Gasteiger partial charge in [0.2, 0.25) is 0 Å². The van der Waals surface area contributed by atoms with Crippen LogP contribution in [0, 0.1) is 0 Å². The first-order valence-electron chi connectivity index (χ1n) is 9.44. The number of alkyl halides is 2.